The summed E-state index contributed by atoms with van der Waals surface area (Å²) in [6, 6.07) is 4.49. The van der Waals surface area contributed by atoms with Crippen molar-refractivity contribution in [2.24, 2.45) is 0 Å². The minimum absolute atomic E-state index is 0.0380. The molecule has 1 aliphatic rings. The summed E-state index contributed by atoms with van der Waals surface area (Å²) >= 11 is 5.58. The molecule has 0 aromatic heterocycles. The summed E-state index contributed by atoms with van der Waals surface area (Å²) in [5.74, 6) is -0.694. The van der Waals surface area contributed by atoms with E-state index in [-0.39, 0.29) is 10.9 Å². The van der Waals surface area contributed by atoms with Crippen molar-refractivity contribution in [3.63, 3.8) is 0 Å². The lowest BCUT2D eigenvalue weighted by Crippen LogP contribution is -2.33. The normalized spacial score (nSPS) is 19.7. The first-order valence-electron chi connectivity index (χ1n) is 5.53. The molecule has 1 aromatic rings. The van der Waals surface area contributed by atoms with E-state index < -0.39 is 5.82 Å². The van der Waals surface area contributed by atoms with Crippen LogP contribution in [0.25, 0.3) is 0 Å². The Bertz CT molecular complexity index is 439. The molecule has 5 heteroatoms. The van der Waals surface area contributed by atoms with Crippen LogP contribution >= 0.6 is 11.6 Å². The van der Waals surface area contributed by atoms with Gasteiger partial charge in [0.15, 0.2) is 0 Å². The van der Waals surface area contributed by atoms with E-state index in [1.807, 2.05) is 7.05 Å². The fraction of sp³-hybridized carbons (Fsp3) is 0.417. The number of nitrogens with zero attached hydrogens (tertiary/aromatic N) is 1. The monoisotopic (exact) mass is 256 g/mol. The average Bonchev–Trinajstić information content (AvgIpc) is 2.80. The summed E-state index contributed by atoms with van der Waals surface area (Å²) in [7, 11) is 1.88. The van der Waals surface area contributed by atoms with Gasteiger partial charge in [-0.25, -0.2) is 4.39 Å². The summed E-state index contributed by atoms with van der Waals surface area (Å²) < 4.78 is 13.3. The second-order valence-electron chi connectivity index (χ2n) is 4.15. The number of hydrogen-bond donors (Lipinski definition) is 1. The molecule has 17 heavy (non-hydrogen) atoms. The van der Waals surface area contributed by atoms with Gasteiger partial charge in [-0.15, -0.1) is 0 Å². The number of benzene rings is 1. The minimum Gasteiger partial charge on any atom is -0.337 e. The van der Waals surface area contributed by atoms with Crippen LogP contribution in [-0.4, -0.2) is 37.0 Å². The summed E-state index contributed by atoms with van der Waals surface area (Å²) in [6.07, 6.45) is 0.929. The van der Waals surface area contributed by atoms with Crippen LogP contribution in [0.3, 0.4) is 0 Å². The van der Waals surface area contributed by atoms with Crippen molar-refractivity contribution in [2.75, 3.05) is 20.1 Å². The number of nitrogens with one attached hydrogen (secondary N) is 1. The Morgan fingerprint density at radius 1 is 1.59 bits per heavy atom. The molecule has 1 unspecified atom stereocenters. The first kappa shape index (κ1) is 12.3. The van der Waals surface area contributed by atoms with Crippen molar-refractivity contribution >= 4 is 17.5 Å². The number of likely N-dealkylation sites (N-methyl/N-ethyl adjacent to an activating group) is 1. The van der Waals surface area contributed by atoms with Gasteiger partial charge in [-0.1, -0.05) is 11.6 Å². The van der Waals surface area contributed by atoms with Gasteiger partial charge in [-0.05, 0) is 31.7 Å². The molecule has 1 atom stereocenters. The summed E-state index contributed by atoms with van der Waals surface area (Å²) in [6.45, 7) is 1.37. The van der Waals surface area contributed by atoms with Crippen LogP contribution in [0.1, 0.15) is 16.8 Å². The van der Waals surface area contributed by atoms with Crippen LogP contribution < -0.4 is 5.32 Å². The van der Waals surface area contributed by atoms with Crippen molar-refractivity contribution in [1.82, 2.24) is 10.2 Å². The van der Waals surface area contributed by atoms with Gasteiger partial charge >= 0.3 is 0 Å². The van der Waals surface area contributed by atoms with E-state index in [9.17, 15) is 9.18 Å². The molecule has 1 amide bonds. The predicted molar refractivity (Wildman–Crippen MR) is 64.8 cm³/mol. The van der Waals surface area contributed by atoms with Crippen LogP contribution in [0, 0.1) is 5.82 Å². The van der Waals surface area contributed by atoms with E-state index in [0.717, 1.165) is 6.42 Å². The molecule has 1 saturated heterocycles. The van der Waals surface area contributed by atoms with Gasteiger partial charge in [0.1, 0.15) is 5.82 Å². The van der Waals surface area contributed by atoms with Crippen LogP contribution in [0.2, 0.25) is 5.02 Å². The maximum Gasteiger partial charge on any atom is 0.254 e. The number of hydrogen-bond acceptors (Lipinski definition) is 2. The number of halogens is 2. The Balaban J connectivity index is 2.12. The largest absolute Gasteiger partial charge is 0.337 e. The Morgan fingerprint density at radius 2 is 2.35 bits per heavy atom. The third-order valence-electron chi connectivity index (χ3n) is 3.05. The van der Waals surface area contributed by atoms with Gasteiger partial charge in [0.2, 0.25) is 0 Å². The topological polar surface area (TPSA) is 32.3 Å². The van der Waals surface area contributed by atoms with E-state index in [1.54, 1.807) is 11.0 Å². The molecule has 1 aliphatic heterocycles. The first-order chi connectivity index (χ1) is 8.11. The number of carbonyl (C=O) groups is 1. The number of likely N-dealkylation sites (tertiary alicyclic amines) is 1. The first-order valence-corrected chi connectivity index (χ1v) is 5.91. The van der Waals surface area contributed by atoms with Crippen LogP contribution in [0.15, 0.2) is 18.2 Å². The highest BCUT2D eigenvalue weighted by Crippen LogP contribution is 2.18. The van der Waals surface area contributed by atoms with Gasteiger partial charge in [-0.2, -0.15) is 0 Å². The third-order valence-corrected chi connectivity index (χ3v) is 3.36. The van der Waals surface area contributed by atoms with E-state index >= 15 is 0 Å². The van der Waals surface area contributed by atoms with Crippen LogP contribution in [-0.2, 0) is 0 Å². The van der Waals surface area contributed by atoms with E-state index in [2.05, 4.69) is 5.32 Å². The van der Waals surface area contributed by atoms with Gasteiger partial charge in [0, 0.05) is 24.7 Å². The molecule has 1 aromatic carbocycles. The highest BCUT2D eigenvalue weighted by Gasteiger charge is 2.26. The van der Waals surface area contributed by atoms with Crippen LogP contribution in [0.4, 0.5) is 4.39 Å². The molecule has 92 valence electrons. The molecule has 0 bridgehead atoms. The van der Waals surface area contributed by atoms with Crippen molar-refractivity contribution < 1.29 is 9.18 Å². The zero-order chi connectivity index (χ0) is 12.4. The SMILES string of the molecule is CNC1CCN(C(=O)c2ccc(Cl)c(F)c2)C1. The van der Waals surface area contributed by atoms with Crippen molar-refractivity contribution in [3.8, 4) is 0 Å². The van der Waals surface area contributed by atoms with Gasteiger partial charge in [0.05, 0.1) is 5.02 Å². The maximum atomic E-state index is 13.3. The van der Waals surface area contributed by atoms with E-state index in [4.69, 9.17) is 11.6 Å². The quantitative estimate of drug-likeness (QED) is 0.877. The smallest absolute Gasteiger partial charge is 0.254 e. The average molecular weight is 257 g/mol. The second kappa shape index (κ2) is 5.02. The van der Waals surface area contributed by atoms with Crippen molar-refractivity contribution in [1.29, 1.82) is 0 Å². The highest BCUT2D eigenvalue weighted by molar-refractivity contribution is 6.30. The Kier molecular flexibility index (Phi) is 3.64. The highest BCUT2D eigenvalue weighted by atomic mass is 35.5. The summed E-state index contributed by atoms with van der Waals surface area (Å²) in [5.41, 5.74) is 0.351. The molecule has 2 rings (SSSR count). The Morgan fingerprint density at radius 3 is 2.94 bits per heavy atom. The molecule has 3 nitrogen and oxygen atoms in total. The van der Waals surface area contributed by atoms with Gasteiger partial charge in [0.25, 0.3) is 5.91 Å². The zero-order valence-electron chi connectivity index (χ0n) is 9.54. The minimum atomic E-state index is -0.554. The Labute approximate surface area is 105 Å². The lowest BCUT2D eigenvalue weighted by Gasteiger charge is -2.16. The zero-order valence-corrected chi connectivity index (χ0v) is 10.3. The molecule has 1 heterocycles. The number of amides is 1. The third kappa shape index (κ3) is 2.58. The standard InChI is InChI=1S/C12H14ClFN2O/c1-15-9-4-5-16(7-9)12(17)8-2-3-10(13)11(14)6-8/h2-3,6,9,15H,4-5,7H2,1H3. The van der Waals surface area contributed by atoms with E-state index in [0.29, 0.717) is 24.7 Å². The van der Waals surface area contributed by atoms with Gasteiger partial charge < -0.3 is 10.2 Å². The second-order valence-corrected chi connectivity index (χ2v) is 4.56. The predicted octanol–water partition coefficient (Wildman–Crippen LogP) is 1.91. The molecular weight excluding hydrogens is 243 g/mol. The summed E-state index contributed by atoms with van der Waals surface area (Å²) in [5, 5.41) is 3.17. The molecule has 0 spiro atoms. The molecular formula is C12H14ClFN2O. The molecule has 1 N–H and O–H groups in total. The fourth-order valence-electron chi connectivity index (χ4n) is 1.99. The lowest BCUT2D eigenvalue weighted by atomic mass is 10.2. The molecule has 1 fully saturated rings. The maximum absolute atomic E-state index is 13.3. The van der Waals surface area contributed by atoms with Crippen molar-refractivity contribution in [3.05, 3.63) is 34.6 Å². The Hall–Kier alpha value is -1.13. The lowest BCUT2D eigenvalue weighted by molar-refractivity contribution is 0.0789. The molecule has 0 saturated carbocycles. The summed E-state index contributed by atoms with van der Waals surface area (Å²) in [4.78, 5) is 13.8. The number of rotatable bonds is 2. The van der Waals surface area contributed by atoms with Gasteiger partial charge in [-0.3, -0.25) is 4.79 Å². The molecule has 0 aliphatic carbocycles. The molecule has 0 radical (unpaired) electrons. The number of carbonyl (C=O) groups excluding carboxylic acids is 1. The van der Waals surface area contributed by atoms with E-state index in [1.165, 1.54) is 12.1 Å². The fourth-order valence-corrected chi connectivity index (χ4v) is 2.11. The van der Waals surface area contributed by atoms with Crippen molar-refractivity contribution in [2.45, 2.75) is 12.5 Å². The van der Waals surface area contributed by atoms with Crippen LogP contribution in [0.5, 0.6) is 0 Å².